The average Bonchev–Trinajstić information content (AvgIpc) is 1.97. The van der Waals surface area contributed by atoms with E-state index in [-0.39, 0.29) is 0 Å². The Kier molecular flexibility index (Phi) is 3.73. The number of carbonyl (C=O) groups excluding carboxylic acids is 1. The van der Waals surface area contributed by atoms with Crippen molar-refractivity contribution in [2.75, 3.05) is 13.1 Å². The van der Waals surface area contributed by atoms with Gasteiger partial charge in [-0.2, -0.15) is 0 Å². The first-order valence-electron chi connectivity index (χ1n) is 4.94. The molecular weight excluding hydrogens is 150 g/mol. The highest BCUT2D eigenvalue weighted by Gasteiger charge is 2.20. The zero-order valence-electron chi connectivity index (χ0n) is 8.10. The predicted octanol–water partition coefficient (Wildman–Crippen LogP) is 1.60. The molecule has 1 heterocycles. The van der Waals surface area contributed by atoms with Crippen LogP contribution in [0.25, 0.3) is 0 Å². The van der Waals surface area contributed by atoms with Gasteiger partial charge in [0.25, 0.3) is 0 Å². The van der Waals surface area contributed by atoms with Gasteiger partial charge in [-0.1, -0.05) is 20.3 Å². The fraction of sp³-hybridized carbons (Fsp3) is 0.900. The quantitative estimate of drug-likeness (QED) is 0.677. The van der Waals surface area contributed by atoms with Crippen LogP contribution in [0.15, 0.2) is 0 Å². The van der Waals surface area contributed by atoms with Crippen molar-refractivity contribution in [3.05, 3.63) is 0 Å². The Labute approximate surface area is 74.7 Å². The van der Waals surface area contributed by atoms with E-state index in [1.807, 2.05) is 0 Å². The summed E-state index contributed by atoms with van der Waals surface area (Å²) >= 11 is 0. The van der Waals surface area contributed by atoms with E-state index in [4.69, 9.17) is 0 Å². The van der Waals surface area contributed by atoms with E-state index < -0.39 is 0 Å². The molecule has 1 fully saturated rings. The first-order valence-corrected chi connectivity index (χ1v) is 4.94. The van der Waals surface area contributed by atoms with Crippen molar-refractivity contribution in [3.63, 3.8) is 0 Å². The van der Waals surface area contributed by atoms with E-state index in [9.17, 15) is 4.79 Å². The van der Waals surface area contributed by atoms with Crippen molar-refractivity contribution < 1.29 is 4.79 Å². The molecule has 0 amide bonds. The molecule has 0 aromatic carbocycles. The molecule has 0 saturated carbocycles. The molecule has 0 bridgehead atoms. The molecule has 1 rings (SSSR count). The molecule has 0 spiro atoms. The van der Waals surface area contributed by atoms with Gasteiger partial charge in [-0.25, -0.2) is 0 Å². The first-order chi connectivity index (χ1) is 5.72. The topological polar surface area (TPSA) is 29.1 Å². The van der Waals surface area contributed by atoms with Crippen LogP contribution in [0, 0.1) is 11.8 Å². The van der Waals surface area contributed by atoms with E-state index >= 15 is 0 Å². The third-order valence-electron chi connectivity index (χ3n) is 2.66. The second-order valence-corrected chi connectivity index (χ2v) is 3.98. The Balaban J connectivity index is 2.10. The highest BCUT2D eigenvalue weighted by Crippen LogP contribution is 2.14. The van der Waals surface area contributed by atoms with Gasteiger partial charge < -0.3 is 5.32 Å². The van der Waals surface area contributed by atoms with Crippen molar-refractivity contribution in [1.82, 2.24) is 5.32 Å². The summed E-state index contributed by atoms with van der Waals surface area (Å²) in [6.45, 7) is 6.39. The third-order valence-corrected chi connectivity index (χ3v) is 2.66. The van der Waals surface area contributed by atoms with Crippen LogP contribution in [0.5, 0.6) is 0 Å². The zero-order valence-corrected chi connectivity index (χ0v) is 8.10. The largest absolute Gasteiger partial charge is 0.316 e. The number of Topliss-reactive ketones (excluding diaryl/α,β-unsaturated/α-hetero) is 1. The molecule has 0 aromatic rings. The lowest BCUT2D eigenvalue weighted by Gasteiger charge is -2.26. The van der Waals surface area contributed by atoms with Crippen LogP contribution in [0.2, 0.25) is 0 Å². The van der Waals surface area contributed by atoms with Crippen LogP contribution < -0.4 is 5.32 Å². The van der Waals surface area contributed by atoms with Crippen LogP contribution >= 0.6 is 0 Å². The second kappa shape index (κ2) is 4.61. The van der Waals surface area contributed by atoms with Crippen LogP contribution in [-0.2, 0) is 4.79 Å². The first kappa shape index (κ1) is 9.72. The standard InChI is InChI=1S/C10H19NO/c1-3-8(2)4-10(12)5-9-6-11-7-9/h8-9,11H,3-7H2,1-2H3. The second-order valence-electron chi connectivity index (χ2n) is 3.98. The van der Waals surface area contributed by atoms with Gasteiger partial charge in [-0.05, 0) is 24.9 Å². The van der Waals surface area contributed by atoms with Crippen molar-refractivity contribution >= 4 is 5.78 Å². The molecular formula is C10H19NO. The summed E-state index contributed by atoms with van der Waals surface area (Å²) in [7, 11) is 0. The molecule has 1 aliphatic rings. The molecule has 0 radical (unpaired) electrons. The van der Waals surface area contributed by atoms with Crippen molar-refractivity contribution in [1.29, 1.82) is 0 Å². The maximum Gasteiger partial charge on any atom is 0.133 e. The van der Waals surface area contributed by atoms with E-state index in [2.05, 4.69) is 19.2 Å². The Morgan fingerprint density at radius 1 is 1.58 bits per heavy atom. The summed E-state index contributed by atoms with van der Waals surface area (Å²) in [5, 5.41) is 3.18. The molecule has 0 aromatic heterocycles. The minimum Gasteiger partial charge on any atom is -0.316 e. The Morgan fingerprint density at radius 2 is 2.25 bits per heavy atom. The SMILES string of the molecule is CCC(C)CC(=O)CC1CNC1. The van der Waals surface area contributed by atoms with Crippen molar-refractivity contribution in [2.24, 2.45) is 11.8 Å². The fourth-order valence-electron chi connectivity index (χ4n) is 1.43. The lowest BCUT2D eigenvalue weighted by Crippen LogP contribution is -2.43. The Hall–Kier alpha value is -0.370. The minimum atomic E-state index is 0.454. The monoisotopic (exact) mass is 169 g/mol. The maximum atomic E-state index is 11.4. The number of rotatable bonds is 5. The molecule has 1 N–H and O–H groups in total. The molecule has 1 unspecified atom stereocenters. The predicted molar refractivity (Wildman–Crippen MR) is 50.1 cm³/mol. The molecule has 1 saturated heterocycles. The van der Waals surface area contributed by atoms with Gasteiger partial charge in [0, 0.05) is 12.8 Å². The Bertz CT molecular complexity index is 143. The number of carbonyl (C=O) groups is 1. The van der Waals surface area contributed by atoms with Crippen molar-refractivity contribution in [2.45, 2.75) is 33.1 Å². The molecule has 0 aliphatic carbocycles. The summed E-state index contributed by atoms with van der Waals surface area (Å²) in [5.41, 5.74) is 0. The molecule has 1 atom stereocenters. The molecule has 12 heavy (non-hydrogen) atoms. The number of hydrogen-bond acceptors (Lipinski definition) is 2. The Morgan fingerprint density at radius 3 is 2.67 bits per heavy atom. The lowest BCUT2D eigenvalue weighted by molar-refractivity contribution is -0.121. The van der Waals surface area contributed by atoms with E-state index in [0.717, 1.165) is 32.4 Å². The van der Waals surface area contributed by atoms with Crippen molar-refractivity contribution in [3.8, 4) is 0 Å². The van der Waals surface area contributed by atoms with Crippen LogP contribution in [0.1, 0.15) is 33.1 Å². The zero-order chi connectivity index (χ0) is 8.97. The van der Waals surface area contributed by atoms with Gasteiger partial charge in [0.1, 0.15) is 5.78 Å². The molecule has 70 valence electrons. The normalized spacial score (nSPS) is 20.2. The van der Waals surface area contributed by atoms with Crippen LogP contribution in [0.3, 0.4) is 0 Å². The minimum absolute atomic E-state index is 0.454. The van der Waals surface area contributed by atoms with E-state index in [0.29, 0.717) is 17.6 Å². The molecule has 1 aliphatic heterocycles. The number of nitrogens with one attached hydrogen (secondary N) is 1. The van der Waals surface area contributed by atoms with Gasteiger partial charge in [-0.3, -0.25) is 4.79 Å². The summed E-state index contributed by atoms with van der Waals surface area (Å²) in [6.07, 6.45) is 2.71. The van der Waals surface area contributed by atoms with Gasteiger partial charge in [-0.15, -0.1) is 0 Å². The highest BCUT2D eigenvalue weighted by atomic mass is 16.1. The number of hydrogen-bond donors (Lipinski definition) is 1. The molecule has 2 nitrogen and oxygen atoms in total. The van der Waals surface area contributed by atoms with Gasteiger partial charge in [0.2, 0.25) is 0 Å². The van der Waals surface area contributed by atoms with E-state index in [1.54, 1.807) is 0 Å². The smallest absolute Gasteiger partial charge is 0.133 e. The fourth-order valence-corrected chi connectivity index (χ4v) is 1.43. The maximum absolute atomic E-state index is 11.4. The van der Waals surface area contributed by atoms with Gasteiger partial charge >= 0.3 is 0 Å². The lowest BCUT2D eigenvalue weighted by atomic mass is 9.92. The van der Waals surface area contributed by atoms with Gasteiger partial charge in [0.05, 0.1) is 0 Å². The summed E-state index contributed by atoms with van der Waals surface area (Å²) in [5.74, 6) is 1.67. The van der Waals surface area contributed by atoms with Crippen LogP contribution in [-0.4, -0.2) is 18.9 Å². The molecule has 2 heteroatoms. The van der Waals surface area contributed by atoms with E-state index in [1.165, 1.54) is 0 Å². The third kappa shape index (κ3) is 2.94. The highest BCUT2D eigenvalue weighted by molar-refractivity contribution is 5.79. The average molecular weight is 169 g/mol. The number of ketones is 1. The van der Waals surface area contributed by atoms with Gasteiger partial charge in [0.15, 0.2) is 0 Å². The summed E-state index contributed by atoms with van der Waals surface area (Å²) < 4.78 is 0. The summed E-state index contributed by atoms with van der Waals surface area (Å²) in [6, 6.07) is 0. The summed E-state index contributed by atoms with van der Waals surface area (Å²) in [4.78, 5) is 11.4. The van der Waals surface area contributed by atoms with Crippen LogP contribution in [0.4, 0.5) is 0 Å².